The maximum Gasteiger partial charge on any atom is 0.346 e. The van der Waals surface area contributed by atoms with Crippen molar-refractivity contribution < 1.29 is 15.0 Å². The van der Waals surface area contributed by atoms with Crippen molar-refractivity contribution in [3.05, 3.63) is 21.9 Å². The van der Waals surface area contributed by atoms with Crippen LogP contribution >= 0.6 is 11.3 Å². The fourth-order valence-corrected chi connectivity index (χ4v) is 2.63. The first-order valence-electron chi connectivity index (χ1n) is 5.69. The van der Waals surface area contributed by atoms with Gasteiger partial charge in [-0.25, -0.2) is 4.79 Å². The Hall–Kier alpha value is -0.950. The van der Waals surface area contributed by atoms with Gasteiger partial charge < -0.3 is 20.4 Å². The third-order valence-corrected chi connectivity index (χ3v) is 3.36. The van der Waals surface area contributed by atoms with Gasteiger partial charge in [-0.2, -0.15) is 0 Å². The zero-order chi connectivity index (χ0) is 13.8. The van der Waals surface area contributed by atoms with E-state index in [0.29, 0.717) is 24.5 Å². The Morgan fingerprint density at radius 1 is 1.56 bits per heavy atom. The van der Waals surface area contributed by atoms with Crippen LogP contribution in [-0.2, 0) is 6.54 Å². The predicted molar refractivity (Wildman–Crippen MR) is 72.2 cm³/mol. The number of nitrogens with one attached hydrogen (secondary N) is 1. The standard InChI is InChI=1S/C12H20N2O3S/c1-12(17,8-14(2)3)7-13-6-9-4-5-18-10(9)11(15)16/h4-5,13,17H,6-8H2,1-3H3,(H,15,16). The molecule has 1 aromatic heterocycles. The second-order valence-corrected chi connectivity index (χ2v) is 5.83. The minimum Gasteiger partial charge on any atom is -0.477 e. The van der Waals surface area contributed by atoms with E-state index in [0.717, 1.165) is 5.56 Å². The van der Waals surface area contributed by atoms with Crippen LogP contribution in [-0.4, -0.2) is 53.9 Å². The summed E-state index contributed by atoms with van der Waals surface area (Å²) in [6.45, 7) is 3.18. The first-order chi connectivity index (χ1) is 8.32. The molecule has 0 spiro atoms. The maximum atomic E-state index is 10.9. The van der Waals surface area contributed by atoms with Gasteiger partial charge in [0, 0.05) is 19.6 Å². The molecule has 1 atom stereocenters. The number of nitrogens with zero attached hydrogens (tertiary/aromatic N) is 1. The van der Waals surface area contributed by atoms with Crippen LogP contribution in [0.2, 0.25) is 0 Å². The van der Waals surface area contributed by atoms with E-state index < -0.39 is 11.6 Å². The van der Waals surface area contributed by atoms with Crippen LogP contribution in [0.25, 0.3) is 0 Å². The van der Waals surface area contributed by atoms with Crippen molar-refractivity contribution in [3.63, 3.8) is 0 Å². The summed E-state index contributed by atoms with van der Waals surface area (Å²) in [5.41, 5.74) is -0.0729. The Morgan fingerprint density at radius 2 is 2.22 bits per heavy atom. The largest absolute Gasteiger partial charge is 0.477 e. The first-order valence-corrected chi connectivity index (χ1v) is 6.57. The van der Waals surface area contributed by atoms with Gasteiger partial charge >= 0.3 is 5.97 Å². The van der Waals surface area contributed by atoms with Crippen molar-refractivity contribution in [3.8, 4) is 0 Å². The van der Waals surface area contributed by atoms with Gasteiger partial charge in [0.2, 0.25) is 0 Å². The molecule has 5 nitrogen and oxygen atoms in total. The van der Waals surface area contributed by atoms with Gasteiger partial charge in [0.15, 0.2) is 0 Å². The second-order valence-electron chi connectivity index (χ2n) is 4.92. The highest BCUT2D eigenvalue weighted by Crippen LogP contribution is 2.16. The highest BCUT2D eigenvalue weighted by atomic mass is 32.1. The van der Waals surface area contributed by atoms with E-state index in [-0.39, 0.29) is 0 Å². The monoisotopic (exact) mass is 272 g/mol. The third kappa shape index (κ3) is 4.73. The predicted octanol–water partition coefficient (Wildman–Crippen LogP) is 0.848. The molecule has 0 saturated heterocycles. The lowest BCUT2D eigenvalue weighted by Gasteiger charge is -2.27. The van der Waals surface area contributed by atoms with Crippen molar-refractivity contribution in [2.75, 3.05) is 27.2 Å². The Labute approximate surface area is 111 Å². The molecule has 0 aliphatic rings. The van der Waals surface area contributed by atoms with Crippen LogP contribution in [0.15, 0.2) is 11.4 Å². The van der Waals surface area contributed by atoms with Crippen molar-refractivity contribution in [1.82, 2.24) is 10.2 Å². The van der Waals surface area contributed by atoms with Crippen molar-refractivity contribution in [2.24, 2.45) is 0 Å². The van der Waals surface area contributed by atoms with Crippen molar-refractivity contribution >= 4 is 17.3 Å². The molecule has 3 N–H and O–H groups in total. The minimum atomic E-state index is -0.901. The van der Waals surface area contributed by atoms with Gasteiger partial charge in [0.1, 0.15) is 4.88 Å². The molecular formula is C12H20N2O3S. The SMILES string of the molecule is CN(C)CC(C)(O)CNCc1ccsc1C(=O)O. The van der Waals surface area contributed by atoms with Crippen LogP contribution in [0.3, 0.4) is 0 Å². The highest BCUT2D eigenvalue weighted by molar-refractivity contribution is 7.12. The molecule has 0 radical (unpaired) electrons. The second kappa shape index (κ2) is 6.29. The number of thiophene rings is 1. The smallest absolute Gasteiger partial charge is 0.346 e. The lowest BCUT2D eigenvalue weighted by molar-refractivity contribution is 0.0336. The Kier molecular flexibility index (Phi) is 5.28. The zero-order valence-corrected chi connectivity index (χ0v) is 11.8. The Morgan fingerprint density at radius 3 is 2.78 bits per heavy atom. The lowest BCUT2D eigenvalue weighted by Crippen LogP contribution is -2.45. The third-order valence-electron chi connectivity index (χ3n) is 2.42. The van der Waals surface area contributed by atoms with Gasteiger partial charge in [0.05, 0.1) is 5.60 Å². The summed E-state index contributed by atoms with van der Waals surface area (Å²) in [5, 5.41) is 23.9. The summed E-state index contributed by atoms with van der Waals surface area (Å²) in [6.07, 6.45) is 0. The van der Waals surface area contributed by atoms with E-state index in [1.807, 2.05) is 19.0 Å². The molecule has 0 saturated carbocycles. The van der Waals surface area contributed by atoms with E-state index in [1.54, 1.807) is 18.4 Å². The first kappa shape index (κ1) is 15.1. The number of rotatable bonds is 7. The van der Waals surface area contributed by atoms with Crippen LogP contribution in [0.1, 0.15) is 22.2 Å². The molecule has 0 aliphatic carbocycles. The summed E-state index contributed by atoms with van der Waals surface area (Å²) in [7, 11) is 3.80. The molecule has 1 unspecified atom stereocenters. The number of likely N-dealkylation sites (N-methyl/N-ethyl adjacent to an activating group) is 1. The van der Waals surface area contributed by atoms with Crippen LogP contribution < -0.4 is 5.32 Å². The summed E-state index contributed by atoms with van der Waals surface area (Å²) in [4.78, 5) is 13.2. The van der Waals surface area contributed by atoms with E-state index in [2.05, 4.69) is 5.32 Å². The topological polar surface area (TPSA) is 72.8 Å². The fourth-order valence-electron chi connectivity index (χ4n) is 1.87. The number of aromatic carboxylic acids is 1. The number of hydrogen-bond acceptors (Lipinski definition) is 5. The average molecular weight is 272 g/mol. The van der Waals surface area contributed by atoms with Crippen molar-refractivity contribution in [1.29, 1.82) is 0 Å². The summed E-state index contributed by atoms with van der Waals surface area (Å²) < 4.78 is 0. The lowest BCUT2D eigenvalue weighted by atomic mass is 10.1. The summed E-state index contributed by atoms with van der Waals surface area (Å²) in [5.74, 6) is -0.901. The number of carboxylic acid groups (broad SMARTS) is 1. The molecule has 0 bridgehead atoms. The molecule has 0 amide bonds. The van der Waals surface area contributed by atoms with Gasteiger partial charge in [0.25, 0.3) is 0 Å². The maximum absolute atomic E-state index is 10.9. The number of aliphatic hydroxyl groups is 1. The van der Waals surface area contributed by atoms with Gasteiger partial charge in [-0.15, -0.1) is 11.3 Å². The van der Waals surface area contributed by atoms with Gasteiger partial charge in [-0.1, -0.05) is 0 Å². The molecule has 0 fully saturated rings. The molecule has 18 heavy (non-hydrogen) atoms. The van der Waals surface area contributed by atoms with E-state index in [1.165, 1.54) is 11.3 Å². The normalized spacial score (nSPS) is 14.7. The van der Waals surface area contributed by atoms with Gasteiger partial charge in [-0.3, -0.25) is 0 Å². The van der Waals surface area contributed by atoms with Crippen molar-refractivity contribution in [2.45, 2.75) is 19.1 Å². The number of hydrogen-bond donors (Lipinski definition) is 3. The molecule has 1 aromatic rings. The highest BCUT2D eigenvalue weighted by Gasteiger charge is 2.21. The van der Waals surface area contributed by atoms with Crippen LogP contribution in [0.4, 0.5) is 0 Å². The van der Waals surface area contributed by atoms with E-state index >= 15 is 0 Å². The molecular weight excluding hydrogens is 252 g/mol. The molecule has 6 heteroatoms. The molecule has 0 aromatic carbocycles. The summed E-state index contributed by atoms with van der Waals surface area (Å²) in [6, 6.07) is 1.79. The molecule has 0 aliphatic heterocycles. The number of carboxylic acids is 1. The Bertz CT molecular complexity index is 402. The quantitative estimate of drug-likeness (QED) is 0.686. The minimum absolute atomic E-state index is 0.356. The number of carbonyl (C=O) groups is 1. The van der Waals surface area contributed by atoms with E-state index in [4.69, 9.17) is 5.11 Å². The van der Waals surface area contributed by atoms with E-state index in [9.17, 15) is 9.90 Å². The average Bonchev–Trinajstić information content (AvgIpc) is 2.63. The Balaban J connectivity index is 2.46. The van der Waals surface area contributed by atoms with Crippen LogP contribution in [0, 0.1) is 0 Å². The zero-order valence-electron chi connectivity index (χ0n) is 10.9. The summed E-state index contributed by atoms with van der Waals surface area (Å²) >= 11 is 1.22. The molecule has 102 valence electrons. The molecule has 1 heterocycles. The fraction of sp³-hybridized carbons (Fsp3) is 0.583. The van der Waals surface area contributed by atoms with Gasteiger partial charge in [-0.05, 0) is 38.0 Å². The molecule has 1 rings (SSSR count). The van der Waals surface area contributed by atoms with Crippen LogP contribution in [0.5, 0.6) is 0 Å².